The van der Waals surface area contributed by atoms with Crippen molar-refractivity contribution >= 4 is 39.9 Å². The lowest BCUT2D eigenvalue weighted by atomic mass is 9.95. The van der Waals surface area contributed by atoms with E-state index in [4.69, 9.17) is 5.84 Å². The average molecular weight is 397 g/mol. The van der Waals surface area contributed by atoms with Gasteiger partial charge in [0.25, 0.3) is 0 Å². The summed E-state index contributed by atoms with van der Waals surface area (Å²) in [5.74, 6) is 7.73. The van der Waals surface area contributed by atoms with Crippen LogP contribution in [-0.2, 0) is 5.41 Å². The molecule has 6 heteroatoms. The molecule has 0 unspecified atom stereocenters. The van der Waals surface area contributed by atoms with Crippen LogP contribution in [0.4, 0.5) is 17.3 Å². The van der Waals surface area contributed by atoms with Gasteiger partial charge in [0.2, 0.25) is 0 Å². The average Bonchev–Trinajstić information content (AvgIpc) is 2.40. The van der Waals surface area contributed by atoms with Gasteiger partial charge in [-0.15, -0.1) is 0 Å². The molecule has 0 saturated heterocycles. The van der Waals surface area contributed by atoms with Crippen molar-refractivity contribution in [2.45, 2.75) is 33.1 Å². The first-order valence-corrected chi connectivity index (χ1v) is 7.77. The molecule has 0 aliphatic heterocycles. The molecule has 0 spiro atoms. The zero-order valence-corrected chi connectivity index (χ0v) is 14.8. The van der Waals surface area contributed by atoms with Crippen LogP contribution in [-0.4, -0.2) is 9.97 Å². The molecule has 0 radical (unpaired) electrons. The number of nitrogens with two attached hydrogens (primary N) is 1. The Bertz CT molecular complexity index is 649. The number of hydrazine groups is 1. The van der Waals surface area contributed by atoms with Gasteiger partial charge >= 0.3 is 0 Å². The SMILES string of the molecule is Cc1c(NN)nc(C(C)(C)C)nc1Nc1cccc(I)c1. The maximum Gasteiger partial charge on any atom is 0.148 e. The zero-order valence-electron chi connectivity index (χ0n) is 12.7. The molecule has 0 aliphatic carbocycles. The lowest BCUT2D eigenvalue weighted by Gasteiger charge is -2.20. The molecule has 0 amide bonds. The number of hydrogen-bond acceptors (Lipinski definition) is 5. The predicted molar refractivity (Wildman–Crippen MR) is 95.7 cm³/mol. The summed E-state index contributed by atoms with van der Waals surface area (Å²) in [4.78, 5) is 9.15. The molecular formula is C15H20IN5. The smallest absolute Gasteiger partial charge is 0.148 e. The second-order valence-corrected chi connectivity index (χ2v) is 7.14. The van der Waals surface area contributed by atoms with Crippen molar-refractivity contribution in [1.82, 2.24) is 9.97 Å². The van der Waals surface area contributed by atoms with Gasteiger partial charge in [-0.3, -0.25) is 0 Å². The number of aromatic nitrogens is 2. The van der Waals surface area contributed by atoms with Crippen LogP contribution in [0.1, 0.15) is 32.2 Å². The van der Waals surface area contributed by atoms with Gasteiger partial charge in [-0.25, -0.2) is 15.8 Å². The molecule has 2 rings (SSSR count). The highest BCUT2D eigenvalue weighted by Gasteiger charge is 2.21. The Balaban J connectivity index is 2.47. The molecule has 21 heavy (non-hydrogen) atoms. The van der Waals surface area contributed by atoms with Crippen molar-refractivity contribution in [3.8, 4) is 0 Å². The van der Waals surface area contributed by atoms with Gasteiger partial charge in [0.05, 0.1) is 0 Å². The molecule has 0 atom stereocenters. The first kappa shape index (κ1) is 16.0. The Labute approximate surface area is 138 Å². The van der Waals surface area contributed by atoms with Gasteiger partial charge in [-0.05, 0) is 47.7 Å². The third-order valence-corrected chi connectivity index (χ3v) is 3.71. The van der Waals surface area contributed by atoms with Gasteiger partial charge in [0.1, 0.15) is 17.5 Å². The number of nitrogens with one attached hydrogen (secondary N) is 2. The Hall–Kier alpha value is -1.41. The Morgan fingerprint density at radius 2 is 1.81 bits per heavy atom. The summed E-state index contributed by atoms with van der Waals surface area (Å²) in [5, 5.41) is 3.35. The molecule has 0 saturated carbocycles. The first-order chi connectivity index (χ1) is 9.81. The van der Waals surface area contributed by atoms with E-state index >= 15 is 0 Å². The third-order valence-electron chi connectivity index (χ3n) is 3.04. The lowest BCUT2D eigenvalue weighted by Crippen LogP contribution is -2.21. The van der Waals surface area contributed by atoms with E-state index in [-0.39, 0.29) is 5.41 Å². The number of benzene rings is 1. The molecule has 112 valence electrons. The predicted octanol–water partition coefficient (Wildman–Crippen LogP) is 3.72. The van der Waals surface area contributed by atoms with E-state index in [0.717, 1.165) is 26.5 Å². The molecule has 2 aromatic rings. The minimum absolute atomic E-state index is 0.152. The summed E-state index contributed by atoms with van der Waals surface area (Å²) >= 11 is 2.29. The Kier molecular flexibility index (Phi) is 4.67. The van der Waals surface area contributed by atoms with E-state index < -0.39 is 0 Å². The van der Waals surface area contributed by atoms with Crippen molar-refractivity contribution in [2.75, 3.05) is 10.7 Å². The van der Waals surface area contributed by atoms with Crippen LogP contribution in [0, 0.1) is 10.5 Å². The van der Waals surface area contributed by atoms with Crippen molar-refractivity contribution in [1.29, 1.82) is 0 Å². The largest absolute Gasteiger partial charge is 0.340 e. The molecule has 1 aromatic heterocycles. The van der Waals surface area contributed by atoms with Crippen LogP contribution in [0.15, 0.2) is 24.3 Å². The van der Waals surface area contributed by atoms with Gasteiger partial charge in [0, 0.05) is 20.2 Å². The fourth-order valence-electron chi connectivity index (χ4n) is 1.82. The maximum absolute atomic E-state index is 5.58. The van der Waals surface area contributed by atoms with E-state index in [2.05, 4.69) is 70.1 Å². The van der Waals surface area contributed by atoms with Crippen molar-refractivity contribution in [2.24, 2.45) is 5.84 Å². The summed E-state index contributed by atoms with van der Waals surface area (Å²) in [6.07, 6.45) is 0. The second-order valence-electron chi connectivity index (χ2n) is 5.90. The molecule has 4 N–H and O–H groups in total. The monoisotopic (exact) mass is 397 g/mol. The van der Waals surface area contributed by atoms with Crippen LogP contribution in [0.5, 0.6) is 0 Å². The van der Waals surface area contributed by atoms with Crippen LogP contribution in [0.25, 0.3) is 0 Å². The zero-order chi connectivity index (χ0) is 15.6. The number of hydrogen-bond donors (Lipinski definition) is 3. The quantitative estimate of drug-likeness (QED) is 0.418. The van der Waals surface area contributed by atoms with Crippen molar-refractivity contribution < 1.29 is 0 Å². The number of nitrogens with zero attached hydrogens (tertiary/aromatic N) is 2. The van der Waals surface area contributed by atoms with E-state index in [1.54, 1.807) is 0 Å². The van der Waals surface area contributed by atoms with Gasteiger partial charge < -0.3 is 10.7 Å². The van der Waals surface area contributed by atoms with Crippen molar-refractivity contribution in [3.63, 3.8) is 0 Å². The van der Waals surface area contributed by atoms with Crippen LogP contribution >= 0.6 is 22.6 Å². The van der Waals surface area contributed by atoms with Crippen LogP contribution in [0.2, 0.25) is 0 Å². The fourth-order valence-corrected chi connectivity index (χ4v) is 2.36. The maximum atomic E-state index is 5.58. The summed E-state index contributed by atoms with van der Waals surface area (Å²) in [7, 11) is 0. The molecule has 0 fully saturated rings. The minimum Gasteiger partial charge on any atom is -0.340 e. The number of halogens is 1. The van der Waals surface area contributed by atoms with Gasteiger partial charge in [0.15, 0.2) is 0 Å². The minimum atomic E-state index is -0.152. The summed E-state index contributed by atoms with van der Waals surface area (Å²) in [5.41, 5.74) is 4.39. The van der Waals surface area contributed by atoms with Gasteiger partial charge in [-0.2, -0.15) is 0 Å². The normalized spacial score (nSPS) is 11.3. The first-order valence-electron chi connectivity index (χ1n) is 6.69. The number of rotatable bonds is 3. The van der Waals surface area contributed by atoms with Crippen LogP contribution in [0.3, 0.4) is 0 Å². The highest BCUT2D eigenvalue weighted by Crippen LogP contribution is 2.28. The molecule has 1 heterocycles. The summed E-state index contributed by atoms with van der Waals surface area (Å²) in [6.45, 7) is 8.17. The molecular weight excluding hydrogens is 377 g/mol. The molecule has 0 aliphatic rings. The molecule has 0 bridgehead atoms. The second kappa shape index (κ2) is 6.15. The summed E-state index contributed by atoms with van der Waals surface area (Å²) in [6, 6.07) is 8.13. The number of anilines is 3. The molecule has 1 aromatic carbocycles. The van der Waals surface area contributed by atoms with E-state index in [1.165, 1.54) is 0 Å². The summed E-state index contributed by atoms with van der Waals surface area (Å²) < 4.78 is 1.16. The highest BCUT2D eigenvalue weighted by atomic mass is 127. The van der Waals surface area contributed by atoms with Crippen LogP contribution < -0.4 is 16.6 Å². The van der Waals surface area contributed by atoms with E-state index in [9.17, 15) is 0 Å². The van der Waals surface area contributed by atoms with Crippen molar-refractivity contribution in [3.05, 3.63) is 39.2 Å². The lowest BCUT2D eigenvalue weighted by molar-refractivity contribution is 0.546. The Morgan fingerprint density at radius 1 is 1.14 bits per heavy atom. The third kappa shape index (κ3) is 3.82. The topological polar surface area (TPSA) is 75.9 Å². The van der Waals surface area contributed by atoms with E-state index in [0.29, 0.717) is 5.82 Å². The fraction of sp³-hybridized carbons (Fsp3) is 0.333. The highest BCUT2D eigenvalue weighted by molar-refractivity contribution is 14.1. The molecule has 5 nitrogen and oxygen atoms in total. The van der Waals surface area contributed by atoms with Gasteiger partial charge in [-0.1, -0.05) is 26.8 Å². The number of nitrogen functional groups attached to an aromatic ring is 1. The van der Waals surface area contributed by atoms with E-state index in [1.807, 2.05) is 25.1 Å². The standard InChI is InChI=1S/C15H20IN5/c1-9-12(18-11-7-5-6-10(16)8-11)19-14(15(2,3)4)20-13(9)21-17/h5-8H,17H2,1-4H3,(H2,18,19,20,21). The Morgan fingerprint density at radius 3 is 2.38 bits per heavy atom.